The Morgan fingerprint density at radius 1 is 1.29 bits per heavy atom. The molecule has 0 N–H and O–H groups in total. The third kappa shape index (κ3) is 3.37. The van der Waals surface area contributed by atoms with Gasteiger partial charge in [-0.15, -0.1) is 0 Å². The molecule has 2 unspecified atom stereocenters. The minimum absolute atomic E-state index is 0.264. The molecule has 0 amide bonds. The van der Waals surface area contributed by atoms with Gasteiger partial charge in [0.1, 0.15) is 11.3 Å². The number of hydrogen-bond acceptors (Lipinski definition) is 3. The van der Waals surface area contributed by atoms with Gasteiger partial charge >= 0.3 is 0 Å². The van der Waals surface area contributed by atoms with Gasteiger partial charge in [-0.2, -0.15) is 0 Å². The second-order valence-electron chi connectivity index (χ2n) is 6.98. The van der Waals surface area contributed by atoms with Gasteiger partial charge in [0.2, 0.25) is 0 Å². The number of hydrogen-bond donors (Lipinski definition) is 0. The lowest BCUT2D eigenvalue weighted by atomic mass is 9.71. The molecule has 0 spiro atoms. The van der Waals surface area contributed by atoms with Gasteiger partial charge in [-0.25, -0.2) is 4.98 Å². The van der Waals surface area contributed by atoms with Gasteiger partial charge in [-0.1, -0.05) is 20.8 Å². The molecule has 3 rings (SSSR count). The summed E-state index contributed by atoms with van der Waals surface area (Å²) in [5, 5.41) is 0. The van der Waals surface area contributed by atoms with E-state index in [9.17, 15) is 0 Å². The summed E-state index contributed by atoms with van der Waals surface area (Å²) in [7, 11) is 0. The molecule has 0 bridgehead atoms. The number of pyridine rings is 2. The molecule has 2 aromatic heterocycles. The summed E-state index contributed by atoms with van der Waals surface area (Å²) in [5.41, 5.74) is 2.06. The first-order chi connectivity index (χ1) is 9.93. The van der Waals surface area contributed by atoms with E-state index >= 15 is 0 Å². The molecule has 1 aliphatic rings. The molecule has 2 heterocycles. The molecule has 0 aliphatic heterocycles. The molecule has 3 nitrogen and oxygen atoms in total. The monoisotopic (exact) mass is 348 g/mol. The van der Waals surface area contributed by atoms with Crippen molar-refractivity contribution in [2.45, 2.75) is 46.1 Å². The van der Waals surface area contributed by atoms with Crippen LogP contribution in [0.4, 0.5) is 0 Å². The molecular weight excluding hydrogens is 328 g/mol. The molecule has 1 fully saturated rings. The van der Waals surface area contributed by atoms with Crippen LogP contribution in [0, 0.1) is 11.3 Å². The Hall–Kier alpha value is -1.16. The maximum absolute atomic E-state index is 6.30. The van der Waals surface area contributed by atoms with Crippen LogP contribution in [-0.4, -0.2) is 16.1 Å². The van der Waals surface area contributed by atoms with Gasteiger partial charge in [-0.3, -0.25) is 4.98 Å². The normalized spacial score (nSPS) is 25.0. The molecule has 21 heavy (non-hydrogen) atoms. The van der Waals surface area contributed by atoms with Crippen LogP contribution in [0.2, 0.25) is 0 Å². The summed E-state index contributed by atoms with van der Waals surface area (Å²) in [5.74, 6) is 1.55. The van der Waals surface area contributed by atoms with Crippen molar-refractivity contribution < 1.29 is 4.74 Å². The van der Waals surface area contributed by atoms with E-state index in [1.54, 1.807) is 12.4 Å². The van der Waals surface area contributed by atoms with Crippen molar-refractivity contribution >= 4 is 27.0 Å². The minimum atomic E-state index is 0.264. The SMILES string of the molecule is CC1CC(Oc2ccnc3cc(Br)cnc23)CC(C)(C)C1. The van der Waals surface area contributed by atoms with Gasteiger partial charge in [0.25, 0.3) is 0 Å². The van der Waals surface area contributed by atoms with Crippen molar-refractivity contribution in [3.05, 3.63) is 29.0 Å². The van der Waals surface area contributed by atoms with Gasteiger partial charge in [0.05, 0.1) is 11.6 Å². The van der Waals surface area contributed by atoms with Crippen LogP contribution in [0.1, 0.15) is 40.0 Å². The van der Waals surface area contributed by atoms with E-state index in [2.05, 4.69) is 46.7 Å². The lowest BCUT2D eigenvalue weighted by Gasteiger charge is -2.38. The molecule has 0 aromatic carbocycles. The van der Waals surface area contributed by atoms with Crippen LogP contribution < -0.4 is 4.74 Å². The molecule has 112 valence electrons. The fourth-order valence-electron chi connectivity index (χ4n) is 3.60. The van der Waals surface area contributed by atoms with Crippen molar-refractivity contribution in [3.8, 4) is 5.75 Å². The summed E-state index contributed by atoms with van der Waals surface area (Å²) < 4.78 is 7.23. The highest BCUT2D eigenvalue weighted by Crippen LogP contribution is 2.40. The fourth-order valence-corrected chi connectivity index (χ4v) is 3.92. The third-order valence-corrected chi connectivity index (χ3v) is 4.58. The maximum Gasteiger partial charge on any atom is 0.149 e. The summed E-state index contributed by atoms with van der Waals surface area (Å²) >= 11 is 3.43. The third-order valence-electron chi connectivity index (χ3n) is 4.15. The quantitative estimate of drug-likeness (QED) is 0.766. The topological polar surface area (TPSA) is 35.0 Å². The zero-order valence-corrected chi connectivity index (χ0v) is 14.4. The van der Waals surface area contributed by atoms with Gasteiger partial charge in [0.15, 0.2) is 0 Å². The lowest BCUT2D eigenvalue weighted by Crippen LogP contribution is -2.34. The highest BCUT2D eigenvalue weighted by Gasteiger charge is 2.33. The van der Waals surface area contributed by atoms with Crippen molar-refractivity contribution in [2.24, 2.45) is 11.3 Å². The Bertz CT molecular complexity index is 656. The molecule has 0 saturated heterocycles. The molecular formula is C17H21BrN2O. The zero-order chi connectivity index (χ0) is 15.0. The molecule has 4 heteroatoms. The maximum atomic E-state index is 6.30. The fraction of sp³-hybridized carbons (Fsp3) is 0.529. The van der Waals surface area contributed by atoms with Crippen LogP contribution in [0.5, 0.6) is 5.75 Å². The van der Waals surface area contributed by atoms with E-state index in [0.717, 1.165) is 34.1 Å². The summed E-state index contributed by atoms with van der Waals surface area (Å²) in [4.78, 5) is 8.83. The smallest absolute Gasteiger partial charge is 0.149 e. The van der Waals surface area contributed by atoms with Crippen LogP contribution in [0.3, 0.4) is 0 Å². The standard InChI is InChI=1S/C17H21BrN2O/c1-11-6-13(9-17(2,3)8-11)21-15-4-5-19-14-7-12(18)10-20-16(14)15/h4-5,7,10-11,13H,6,8-9H2,1-3H3. The second kappa shape index (κ2) is 5.56. The summed E-state index contributed by atoms with van der Waals surface area (Å²) in [6, 6.07) is 3.90. The van der Waals surface area contributed by atoms with E-state index < -0.39 is 0 Å². The Morgan fingerprint density at radius 3 is 2.86 bits per heavy atom. The number of halogens is 1. The lowest BCUT2D eigenvalue weighted by molar-refractivity contribution is 0.0571. The van der Waals surface area contributed by atoms with Gasteiger partial charge < -0.3 is 4.74 Å². The van der Waals surface area contributed by atoms with Crippen molar-refractivity contribution in [1.82, 2.24) is 9.97 Å². The van der Waals surface area contributed by atoms with E-state index in [1.807, 2.05) is 12.1 Å². The Kier molecular flexibility index (Phi) is 3.91. The van der Waals surface area contributed by atoms with Crippen LogP contribution in [0.15, 0.2) is 29.0 Å². The predicted octanol–water partition coefficient (Wildman–Crippen LogP) is 4.99. The minimum Gasteiger partial charge on any atom is -0.488 e. The first-order valence-electron chi connectivity index (χ1n) is 7.50. The number of aromatic nitrogens is 2. The highest BCUT2D eigenvalue weighted by molar-refractivity contribution is 9.10. The van der Waals surface area contributed by atoms with E-state index in [1.165, 1.54) is 6.42 Å². The summed E-state index contributed by atoms with van der Waals surface area (Å²) in [6.07, 6.45) is 7.34. The number of nitrogens with zero attached hydrogens (tertiary/aromatic N) is 2. The Labute approximate surface area is 134 Å². The van der Waals surface area contributed by atoms with E-state index in [-0.39, 0.29) is 6.10 Å². The molecule has 2 atom stereocenters. The van der Waals surface area contributed by atoms with Crippen LogP contribution in [-0.2, 0) is 0 Å². The van der Waals surface area contributed by atoms with Gasteiger partial charge in [-0.05, 0) is 52.6 Å². The van der Waals surface area contributed by atoms with E-state index in [4.69, 9.17) is 4.74 Å². The van der Waals surface area contributed by atoms with Crippen LogP contribution in [0.25, 0.3) is 11.0 Å². The van der Waals surface area contributed by atoms with Crippen molar-refractivity contribution in [1.29, 1.82) is 0 Å². The van der Waals surface area contributed by atoms with Crippen molar-refractivity contribution in [3.63, 3.8) is 0 Å². The van der Waals surface area contributed by atoms with E-state index in [0.29, 0.717) is 11.3 Å². The number of fused-ring (bicyclic) bond motifs is 1. The van der Waals surface area contributed by atoms with Crippen LogP contribution >= 0.6 is 15.9 Å². The second-order valence-corrected chi connectivity index (χ2v) is 7.90. The predicted molar refractivity (Wildman–Crippen MR) is 88.5 cm³/mol. The molecule has 0 radical (unpaired) electrons. The molecule has 1 saturated carbocycles. The van der Waals surface area contributed by atoms with Gasteiger partial charge in [0, 0.05) is 22.9 Å². The Balaban J connectivity index is 1.88. The average Bonchev–Trinajstić information content (AvgIpc) is 2.36. The first kappa shape index (κ1) is 14.8. The Morgan fingerprint density at radius 2 is 2.10 bits per heavy atom. The number of rotatable bonds is 2. The molecule has 1 aliphatic carbocycles. The zero-order valence-electron chi connectivity index (χ0n) is 12.8. The summed E-state index contributed by atoms with van der Waals surface area (Å²) in [6.45, 7) is 6.98. The largest absolute Gasteiger partial charge is 0.488 e. The average molecular weight is 349 g/mol. The van der Waals surface area contributed by atoms with Crippen molar-refractivity contribution in [2.75, 3.05) is 0 Å². The molecule has 2 aromatic rings. The number of ether oxygens (including phenoxy) is 1. The first-order valence-corrected chi connectivity index (χ1v) is 8.29. The highest BCUT2D eigenvalue weighted by atomic mass is 79.9.